The Labute approximate surface area is 198 Å². The van der Waals surface area contributed by atoms with Crippen LogP contribution in [-0.4, -0.2) is 28.8 Å². The Kier molecular flexibility index (Phi) is 10.2. The molecule has 0 aliphatic heterocycles. The van der Waals surface area contributed by atoms with E-state index in [1.165, 1.54) is 5.56 Å². The van der Waals surface area contributed by atoms with Crippen molar-refractivity contribution in [2.75, 3.05) is 0 Å². The zero-order valence-corrected chi connectivity index (χ0v) is 20.8. The van der Waals surface area contributed by atoms with Crippen molar-refractivity contribution in [1.82, 2.24) is 10.2 Å². The van der Waals surface area contributed by atoms with Crippen molar-refractivity contribution in [3.63, 3.8) is 0 Å². The molecule has 0 aliphatic carbocycles. The maximum atomic E-state index is 13.4. The molecule has 2 rings (SSSR count). The number of hydrogen-bond acceptors (Lipinski definition) is 2. The number of nitrogens with one attached hydrogen (secondary N) is 1. The van der Waals surface area contributed by atoms with Gasteiger partial charge in [-0.3, -0.25) is 9.59 Å². The van der Waals surface area contributed by atoms with E-state index in [2.05, 4.69) is 43.4 Å². The largest absolute Gasteiger partial charge is 0.352 e. The molecule has 0 aromatic heterocycles. The smallest absolute Gasteiger partial charge is 0.243 e. The average molecular weight is 457 g/mol. The molecule has 2 aromatic rings. The molecule has 0 spiro atoms. The van der Waals surface area contributed by atoms with Crippen molar-refractivity contribution in [1.29, 1.82) is 0 Å². The maximum Gasteiger partial charge on any atom is 0.243 e. The summed E-state index contributed by atoms with van der Waals surface area (Å²) in [6.45, 7) is 10.6. The average Bonchev–Trinajstić information content (AvgIpc) is 2.78. The molecule has 174 valence electrons. The second kappa shape index (κ2) is 12.6. The molecule has 32 heavy (non-hydrogen) atoms. The van der Waals surface area contributed by atoms with Gasteiger partial charge in [0.15, 0.2) is 0 Å². The van der Waals surface area contributed by atoms with Crippen LogP contribution in [0, 0.1) is 0 Å². The zero-order valence-electron chi connectivity index (χ0n) is 20.0. The molecule has 0 saturated heterocycles. The first-order valence-electron chi connectivity index (χ1n) is 11.7. The number of hydrogen-bond donors (Lipinski definition) is 1. The van der Waals surface area contributed by atoms with Gasteiger partial charge in [0, 0.05) is 24.0 Å². The summed E-state index contributed by atoms with van der Waals surface area (Å²) in [6, 6.07) is 15.5. The number of carbonyl (C=O) groups is 2. The van der Waals surface area contributed by atoms with Crippen LogP contribution in [0.25, 0.3) is 0 Å². The highest BCUT2D eigenvalue weighted by atomic mass is 35.5. The van der Waals surface area contributed by atoms with Crippen LogP contribution >= 0.6 is 11.6 Å². The molecule has 2 atom stereocenters. The summed E-state index contributed by atoms with van der Waals surface area (Å²) in [6.07, 6.45) is 2.37. The topological polar surface area (TPSA) is 49.4 Å². The summed E-state index contributed by atoms with van der Waals surface area (Å²) in [5, 5.41) is 3.64. The second-order valence-corrected chi connectivity index (χ2v) is 9.16. The number of nitrogens with zero attached hydrogens (tertiary/aromatic N) is 1. The van der Waals surface area contributed by atoms with Crippen molar-refractivity contribution < 1.29 is 9.59 Å². The van der Waals surface area contributed by atoms with E-state index in [4.69, 9.17) is 11.6 Å². The third-order valence-electron chi connectivity index (χ3n) is 5.96. The van der Waals surface area contributed by atoms with Crippen LogP contribution in [0.5, 0.6) is 0 Å². The van der Waals surface area contributed by atoms with Gasteiger partial charge in [0.25, 0.3) is 0 Å². The van der Waals surface area contributed by atoms with Crippen LogP contribution in [-0.2, 0) is 22.6 Å². The molecule has 0 bridgehead atoms. The second-order valence-electron chi connectivity index (χ2n) is 8.75. The molecule has 0 fully saturated rings. The minimum atomic E-state index is -0.531. The SMILES string of the molecule is CC[C@H](C)NC(=O)[C@H](CC)N(Cc1ccccc1Cl)C(=O)CCc1ccc(C(C)C)cc1. The monoisotopic (exact) mass is 456 g/mol. The Morgan fingerprint density at radius 3 is 2.19 bits per heavy atom. The Balaban J connectivity index is 2.20. The number of carbonyl (C=O) groups excluding carboxylic acids is 2. The highest BCUT2D eigenvalue weighted by Gasteiger charge is 2.29. The van der Waals surface area contributed by atoms with Crippen LogP contribution < -0.4 is 5.32 Å². The Morgan fingerprint density at radius 2 is 1.62 bits per heavy atom. The molecular weight excluding hydrogens is 420 g/mol. The van der Waals surface area contributed by atoms with E-state index in [0.717, 1.165) is 17.5 Å². The van der Waals surface area contributed by atoms with Gasteiger partial charge in [0.05, 0.1) is 0 Å². The van der Waals surface area contributed by atoms with Crippen LogP contribution in [0.2, 0.25) is 5.02 Å². The van der Waals surface area contributed by atoms with E-state index in [1.807, 2.05) is 45.0 Å². The first-order valence-corrected chi connectivity index (χ1v) is 12.1. The summed E-state index contributed by atoms with van der Waals surface area (Å²) >= 11 is 6.38. The Bertz CT molecular complexity index is 879. The molecule has 0 unspecified atom stereocenters. The lowest BCUT2D eigenvalue weighted by Crippen LogP contribution is -2.50. The Morgan fingerprint density at radius 1 is 0.969 bits per heavy atom. The molecule has 4 nitrogen and oxygen atoms in total. The van der Waals surface area contributed by atoms with E-state index >= 15 is 0 Å². The van der Waals surface area contributed by atoms with Crippen molar-refractivity contribution in [2.24, 2.45) is 0 Å². The molecule has 0 radical (unpaired) electrons. The molecule has 5 heteroatoms. The van der Waals surface area contributed by atoms with Gasteiger partial charge in [-0.25, -0.2) is 0 Å². The minimum absolute atomic E-state index is 0.0380. The van der Waals surface area contributed by atoms with E-state index < -0.39 is 6.04 Å². The molecule has 0 saturated carbocycles. The van der Waals surface area contributed by atoms with Gasteiger partial charge < -0.3 is 10.2 Å². The van der Waals surface area contributed by atoms with E-state index in [9.17, 15) is 9.59 Å². The third-order valence-corrected chi connectivity index (χ3v) is 6.33. The van der Waals surface area contributed by atoms with Crippen molar-refractivity contribution in [3.8, 4) is 0 Å². The van der Waals surface area contributed by atoms with Gasteiger partial charge in [-0.2, -0.15) is 0 Å². The van der Waals surface area contributed by atoms with Crippen molar-refractivity contribution in [3.05, 3.63) is 70.2 Å². The highest BCUT2D eigenvalue weighted by molar-refractivity contribution is 6.31. The zero-order chi connectivity index (χ0) is 23.7. The van der Waals surface area contributed by atoms with Crippen LogP contribution in [0.15, 0.2) is 48.5 Å². The van der Waals surface area contributed by atoms with Crippen LogP contribution in [0.3, 0.4) is 0 Å². The predicted octanol–water partition coefficient (Wildman–Crippen LogP) is 6.12. The first-order chi connectivity index (χ1) is 15.3. The molecule has 2 aromatic carbocycles. The molecule has 1 N–H and O–H groups in total. The molecule has 2 amide bonds. The summed E-state index contributed by atoms with van der Waals surface area (Å²) in [4.78, 5) is 28.1. The standard InChI is InChI=1S/C27H37ClN2O2/c1-6-20(5)29-27(32)25(7-2)30(18-23-10-8-9-11-24(23)28)26(31)17-14-21-12-15-22(16-13-21)19(3)4/h8-13,15-16,19-20,25H,6-7,14,17-18H2,1-5H3,(H,29,32)/t20-,25-/m0/s1. The van der Waals surface area contributed by atoms with E-state index in [0.29, 0.717) is 36.7 Å². The summed E-state index contributed by atoms with van der Waals surface area (Å²) in [7, 11) is 0. The van der Waals surface area contributed by atoms with Crippen molar-refractivity contribution in [2.45, 2.75) is 84.8 Å². The number of rotatable bonds is 11. The summed E-state index contributed by atoms with van der Waals surface area (Å²) in [5.41, 5.74) is 3.25. The fraction of sp³-hybridized carbons (Fsp3) is 0.481. The summed E-state index contributed by atoms with van der Waals surface area (Å²) < 4.78 is 0. The summed E-state index contributed by atoms with van der Waals surface area (Å²) in [5.74, 6) is 0.332. The van der Waals surface area contributed by atoms with Gasteiger partial charge in [0.1, 0.15) is 6.04 Å². The normalized spacial score (nSPS) is 13.0. The van der Waals surface area contributed by atoms with Crippen molar-refractivity contribution >= 4 is 23.4 Å². The third kappa shape index (κ3) is 7.37. The first kappa shape index (κ1) is 25.9. The van der Waals surface area contributed by atoms with Crippen LogP contribution in [0.4, 0.5) is 0 Å². The number of amides is 2. The highest BCUT2D eigenvalue weighted by Crippen LogP contribution is 2.21. The van der Waals surface area contributed by atoms with Gasteiger partial charge in [0.2, 0.25) is 11.8 Å². The maximum absolute atomic E-state index is 13.4. The van der Waals surface area contributed by atoms with Gasteiger partial charge >= 0.3 is 0 Å². The van der Waals surface area contributed by atoms with Gasteiger partial charge in [-0.1, -0.05) is 81.8 Å². The molecular formula is C27H37ClN2O2. The predicted molar refractivity (Wildman–Crippen MR) is 133 cm³/mol. The van der Waals surface area contributed by atoms with E-state index in [-0.39, 0.29) is 17.9 Å². The number of benzene rings is 2. The Hall–Kier alpha value is -2.33. The molecule has 0 heterocycles. The lowest BCUT2D eigenvalue weighted by Gasteiger charge is -2.32. The minimum Gasteiger partial charge on any atom is -0.352 e. The van der Waals surface area contributed by atoms with Crippen LogP contribution in [0.1, 0.15) is 76.5 Å². The number of halogens is 1. The fourth-order valence-electron chi connectivity index (χ4n) is 3.63. The lowest BCUT2D eigenvalue weighted by atomic mass is 10.00. The van der Waals surface area contributed by atoms with E-state index in [1.54, 1.807) is 4.90 Å². The van der Waals surface area contributed by atoms with Gasteiger partial charge in [-0.15, -0.1) is 0 Å². The lowest BCUT2D eigenvalue weighted by molar-refractivity contribution is -0.141. The number of aryl methyl sites for hydroxylation is 1. The fourth-order valence-corrected chi connectivity index (χ4v) is 3.83. The molecule has 0 aliphatic rings. The van der Waals surface area contributed by atoms with Gasteiger partial charge in [-0.05, 0) is 54.9 Å². The quantitative estimate of drug-likeness (QED) is 0.443.